The normalized spacial score (nSPS) is 14.6. The predicted molar refractivity (Wildman–Crippen MR) is 117 cm³/mol. The zero-order valence-corrected chi connectivity index (χ0v) is 18.5. The van der Waals surface area contributed by atoms with Gasteiger partial charge in [-0.3, -0.25) is 19.4 Å². The molecule has 3 amide bonds. The summed E-state index contributed by atoms with van der Waals surface area (Å²) in [5.74, 6) is -4.14. The van der Waals surface area contributed by atoms with E-state index in [1.54, 1.807) is 13.8 Å². The van der Waals surface area contributed by atoms with Gasteiger partial charge in [0.25, 0.3) is 0 Å². The maximum Gasteiger partial charge on any atom is 0.327 e. The minimum atomic E-state index is -1.36. The number of hydrogen-bond acceptors (Lipinski definition) is 8. The molecular formula is C17H33N7O6S. The molecule has 13 nitrogen and oxygen atoms in total. The second-order valence-electron chi connectivity index (χ2n) is 7.11. The number of aliphatic hydroxyl groups is 1. The number of rotatable bonds is 14. The molecule has 4 atom stereocenters. The lowest BCUT2D eigenvalue weighted by Crippen LogP contribution is -2.59. The summed E-state index contributed by atoms with van der Waals surface area (Å²) in [6, 6.07) is -4.66. The van der Waals surface area contributed by atoms with Crippen LogP contribution in [0.15, 0.2) is 4.99 Å². The second-order valence-corrected chi connectivity index (χ2v) is 7.48. The van der Waals surface area contributed by atoms with Gasteiger partial charge in [-0.1, -0.05) is 13.8 Å². The molecule has 31 heavy (non-hydrogen) atoms. The number of nitrogens with one attached hydrogen (secondary N) is 3. The maximum absolute atomic E-state index is 12.5. The van der Waals surface area contributed by atoms with Crippen LogP contribution in [0.4, 0.5) is 0 Å². The summed E-state index contributed by atoms with van der Waals surface area (Å²) in [6.45, 7) is 2.82. The Morgan fingerprint density at radius 1 is 1.00 bits per heavy atom. The largest absolute Gasteiger partial charge is 0.480 e. The van der Waals surface area contributed by atoms with Crippen LogP contribution >= 0.6 is 12.6 Å². The first-order valence-corrected chi connectivity index (χ1v) is 10.2. The Bertz CT molecular complexity index is 657. The zero-order valence-electron chi connectivity index (χ0n) is 17.6. The molecule has 0 aliphatic rings. The van der Waals surface area contributed by atoms with E-state index < -0.39 is 60.4 Å². The first-order chi connectivity index (χ1) is 14.4. The van der Waals surface area contributed by atoms with Gasteiger partial charge in [-0.2, -0.15) is 12.6 Å². The predicted octanol–water partition coefficient (Wildman–Crippen LogP) is -3.52. The summed E-state index contributed by atoms with van der Waals surface area (Å²) in [5.41, 5.74) is 16.2. The fraction of sp³-hybridized carbons (Fsp3) is 0.706. The number of nitrogens with zero attached hydrogens (tertiary/aromatic N) is 1. The van der Waals surface area contributed by atoms with E-state index in [0.717, 1.165) is 0 Å². The number of carbonyl (C=O) groups excluding carboxylic acids is 3. The monoisotopic (exact) mass is 463 g/mol. The van der Waals surface area contributed by atoms with Crippen molar-refractivity contribution in [2.24, 2.45) is 28.1 Å². The van der Waals surface area contributed by atoms with Gasteiger partial charge in [-0.25, -0.2) is 4.79 Å². The van der Waals surface area contributed by atoms with Crippen LogP contribution < -0.4 is 33.2 Å². The Hall–Kier alpha value is -2.58. The number of thiol groups is 1. The summed E-state index contributed by atoms with van der Waals surface area (Å²) < 4.78 is 0. The molecule has 0 heterocycles. The average molecular weight is 464 g/mol. The molecule has 0 aliphatic carbocycles. The number of guanidine groups is 1. The van der Waals surface area contributed by atoms with Crippen LogP contribution in [0.1, 0.15) is 26.7 Å². The van der Waals surface area contributed by atoms with Crippen molar-refractivity contribution in [1.82, 2.24) is 16.0 Å². The number of carboxylic acids is 1. The highest BCUT2D eigenvalue weighted by atomic mass is 32.1. The number of carboxylic acid groups (broad SMARTS) is 1. The van der Waals surface area contributed by atoms with Crippen molar-refractivity contribution in [1.29, 1.82) is 0 Å². The lowest BCUT2D eigenvalue weighted by atomic mass is 10.0. The first kappa shape index (κ1) is 28.4. The first-order valence-electron chi connectivity index (χ1n) is 9.61. The third-order valence-corrected chi connectivity index (χ3v) is 4.53. The highest BCUT2D eigenvalue weighted by Gasteiger charge is 2.31. The molecule has 11 N–H and O–H groups in total. The quantitative estimate of drug-likeness (QED) is 0.0536. The molecule has 0 rings (SSSR count). The Labute approximate surface area is 186 Å². The van der Waals surface area contributed by atoms with Crippen molar-refractivity contribution in [2.45, 2.75) is 50.9 Å². The molecule has 0 aromatic rings. The number of hydrogen-bond donors (Lipinski definition) is 9. The van der Waals surface area contributed by atoms with Crippen LogP contribution in [0.2, 0.25) is 0 Å². The Morgan fingerprint density at radius 2 is 1.58 bits per heavy atom. The minimum Gasteiger partial charge on any atom is -0.480 e. The number of carbonyl (C=O) groups is 4. The molecular weight excluding hydrogens is 430 g/mol. The third kappa shape index (κ3) is 10.8. The lowest BCUT2D eigenvalue weighted by Gasteiger charge is -2.26. The summed E-state index contributed by atoms with van der Waals surface area (Å²) in [5, 5.41) is 25.6. The van der Waals surface area contributed by atoms with Gasteiger partial charge < -0.3 is 43.4 Å². The van der Waals surface area contributed by atoms with Crippen LogP contribution in [-0.2, 0) is 19.2 Å². The molecule has 0 spiro atoms. The van der Waals surface area contributed by atoms with Crippen LogP contribution in [0.5, 0.6) is 0 Å². The van der Waals surface area contributed by atoms with Gasteiger partial charge in [0, 0.05) is 12.3 Å². The van der Waals surface area contributed by atoms with E-state index in [0.29, 0.717) is 6.42 Å². The Balaban J connectivity index is 4.95. The lowest BCUT2D eigenvalue weighted by molar-refractivity contribution is -0.142. The van der Waals surface area contributed by atoms with E-state index in [2.05, 4.69) is 33.6 Å². The van der Waals surface area contributed by atoms with Gasteiger partial charge in [0.1, 0.15) is 18.1 Å². The van der Waals surface area contributed by atoms with Crippen molar-refractivity contribution in [2.75, 3.05) is 18.9 Å². The number of nitrogens with two attached hydrogens (primary N) is 3. The van der Waals surface area contributed by atoms with E-state index in [1.807, 2.05) is 0 Å². The minimum absolute atomic E-state index is 0.0807. The Kier molecular flexibility index (Phi) is 13.2. The summed E-state index contributed by atoms with van der Waals surface area (Å²) in [4.78, 5) is 51.9. The van der Waals surface area contributed by atoms with Gasteiger partial charge in [0.15, 0.2) is 5.96 Å². The summed E-state index contributed by atoms with van der Waals surface area (Å²) in [6.07, 6.45) is 0.660. The zero-order chi connectivity index (χ0) is 24.1. The molecule has 14 heteroatoms. The van der Waals surface area contributed by atoms with Crippen LogP contribution in [0.3, 0.4) is 0 Å². The number of aliphatic carboxylic acids is 1. The molecule has 0 aromatic carbocycles. The van der Waals surface area contributed by atoms with Crippen molar-refractivity contribution in [3.8, 4) is 0 Å². The molecule has 0 radical (unpaired) electrons. The molecule has 0 bridgehead atoms. The maximum atomic E-state index is 12.5. The topological polar surface area (TPSA) is 235 Å². The van der Waals surface area contributed by atoms with E-state index in [-0.39, 0.29) is 24.7 Å². The smallest absolute Gasteiger partial charge is 0.327 e. The van der Waals surface area contributed by atoms with E-state index >= 15 is 0 Å². The molecule has 0 aromatic heterocycles. The Morgan fingerprint density at radius 3 is 2.03 bits per heavy atom. The number of amides is 3. The van der Waals surface area contributed by atoms with Crippen LogP contribution in [0, 0.1) is 5.92 Å². The van der Waals surface area contributed by atoms with E-state index in [9.17, 15) is 24.3 Å². The molecule has 0 aliphatic heterocycles. The molecule has 0 saturated heterocycles. The van der Waals surface area contributed by atoms with Crippen molar-refractivity contribution in [3.05, 3.63) is 0 Å². The number of aliphatic imine (C=N–C) groups is 1. The highest BCUT2D eigenvalue weighted by molar-refractivity contribution is 7.80. The average Bonchev–Trinajstić information content (AvgIpc) is 2.69. The highest BCUT2D eigenvalue weighted by Crippen LogP contribution is 2.04. The molecule has 0 fully saturated rings. The van der Waals surface area contributed by atoms with E-state index in [4.69, 9.17) is 22.3 Å². The van der Waals surface area contributed by atoms with Gasteiger partial charge in [0.05, 0.1) is 12.6 Å². The second kappa shape index (κ2) is 14.4. The third-order valence-electron chi connectivity index (χ3n) is 4.16. The fourth-order valence-electron chi connectivity index (χ4n) is 2.36. The SMILES string of the molecule is CC(C)C(NC(=O)C(CO)NC(=O)C(N)CCCN=C(N)N)C(=O)NC(CS)C(=O)O. The molecule has 0 saturated carbocycles. The van der Waals surface area contributed by atoms with E-state index in [1.165, 1.54) is 0 Å². The van der Waals surface area contributed by atoms with Crippen molar-refractivity contribution in [3.63, 3.8) is 0 Å². The standard InChI is InChI=1S/C17H33N7O6S/c1-8(2)12(15(28)23-11(7-31)16(29)30)24-14(27)10(6-25)22-13(26)9(18)4-3-5-21-17(19)20/h8-12,25,31H,3-7,18H2,1-2H3,(H,22,26)(H,23,28)(H,24,27)(H,29,30)(H4,19,20,21). The molecule has 4 unspecified atom stereocenters. The van der Waals surface area contributed by atoms with Crippen LogP contribution in [0.25, 0.3) is 0 Å². The van der Waals surface area contributed by atoms with Gasteiger partial charge in [-0.15, -0.1) is 0 Å². The van der Waals surface area contributed by atoms with Crippen LogP contribution in [-0.4, -0.2) is 82.9 Å². The van der Waals surface area contributed by atoms with Gasteiger partial charge in [-0.05, 0) is 18.8 Å². The summed E-state index contributed by atoms with van der Waals surface area (Å²) in [7, 11) is 0. The van der Waals surface area contributed by atoms with Gasteiger partial charge in [0.2, 0.25) is 17.7 Å². The molecule has 178 valence electrons. The number of aliphatic hydroxyl groups excluding tert-OH is 1. The van der Waals surface area contributed by atoms with Crippen molar-refractivity contribution < 1.29 is 29.4 Å². The van der Waals surface area contributed by atoms with Crippen molar-refractivity contribution >= 4 is 42.3 Å². The summed E-state index contributed by atoms with van der Waals surface area (Å²) >= 11 is 3.87. The fourth-order valence-corrected chi connectivity index (χ4v) is 2.61. The van der Waals surface area contributed by atoms with Gasteiger partial charge >= 0.3 is 5.97 Å².